The summed E-state index contributed by atoms with van der Waals surface area (Å²) in [5, 5.41) is 3.52. The molecule has 1 aliphatic rings. The molecule has 90 valence electrons. The number of H-pyrrole nitrogens is 1. The summed E-state index contributed by atoms with van der Waals surface area (Å²) in [5.41, 5.74) is 4.91. The topological polar surface area (TPSA) is 40.7 Å². The molecule has 1 aliphatic heterocycles. The standard InChI is InChI=1S/C14H19N3/c1-9-5-6-12-14(10(9)2)17-13(16-12)8-11-4-3-7-15-11/h5-6,11,15H,3-4,7-8H2,1-2H3,(H,16,17). The molecular weight excluding hydrogens is 210 g/mol. The van der Waals surface area contributed by atoms with Gasteiger partial charge in [0.25, 0.3) is 0 Å². The number of nitrogens with zero attached hydrogens (tertiary/aromatic N) is 1. The molecule has 1 aromatic carbocycles. The van der Waals surface area contributed by atoms with Crippen molar-refractivity contribution in [3.63, 3.8) is 0 Å². The molecule has 2 N–H and O–H groups in total. The second kappa shape index (κ2) is 4.15. The van der Waals surface area contributed by atoms with Crippen LogP contribution >= 0.6 is 0 Å². The molecule has 2 aromatic rings. The van der Waals surface area contributed by atoms with Gasteiger partial charge in [0, 0.05) is 12.5 Å². The maximum atomic E-state index is 4.74. The van der Waals surface area contributed by atoms with Crippen LogP contribution in [0.2, 0.25) is 0 Å². The van der Waals surface area contributed by atoms with Gasteiger partial charge >= 0.3 is 0 Å². The van der Waals surface area contributed by atoms with Crippen molar-refractivity contribution in [3.8, 4) is 0 Å². The first-order valence-corrected chi connectivity index (χ1v) is 6.42. The van der Waals surface area contributed by atoms with Crippen LogP contribution in [0.5, 0.6) is 0 Å². The Bertz CT molecular complexity index is 536. The number of aryl methyl sites for hydroxylation is 2. The van der Waals surface area contributed by atoms with E-state index in [2.05, 4.69) is 36.3 Å². The number of fused-ring (bicyclic) bond motifs is 1. The number of aromatic nitrogens is 2. The quantitative estimate of drug-likeness (QED) is 0.830. The molecule has 2 heterocycles. The first-order valence-electron chi connectivity index (χ1n) is 6.42. The van der Waals surface area contributed by atoms with Crippen LogP contribution < -0.4 is 5.32 Å². The van der Waals surface area contributed by atoms with Crippen LogP contribution in [-0.2, 0) is 6.42 Å². The van der Waals surface area contributed by atoms with Crippen LogP contribution in [0.15, 0.2) is 12.1 Å². The Morgan fingerprint density at radius 3 is 3.00 bits per heavy atom. The number of hydrogen-bond donors (Lipinski definition) is 2. The molecule has 1 atom stereocenters. The molecule has 0 radical (unpaired) electrons. The van der Waals surface area contributed by atoms with Crippen LogP contribution in [0.3, 0.4) is 0 Å². The van der Waals surface area contributed by atoms with Gasteiger partial charge in [0.1, 0.15) is 5.82 Å². The Balaban J connectivity index is 1.93. The van der Waals surface area contributed by atoms with Gasteiger partial charge in [0.15, 0.2) is 0 Å². The summed E-state index contributed by atoms with van der Waals surface area (Å²) in [5.74, 6) is 1.12. The van der Waals surface area contributed by atoms with Gasteiger partial charge in [-0.05, 0) is 50.4 Å². The molecule has 0 bridgehead atoms. The number of nitrogens with one attached hydrogen (secondary N) is 2. The zero-order chi connectivity index (χ0) is 11.8. The van der Waals surface area contributed by atoms with Gasteiger partial charge in [-0.25, -0.2) is 4.98 Å². The van der Waals surface area contributed by atoms with Crippen molar-refractivity contribution < 1.29 is 0 Å². The Morgan fingerprint density at radius 2 is 2.24 bits per heavy atom. The summed E-state index contributed by atoms with van der Waals surface area (Å²) in [6.45, 7) is 5.45. The van der Waals surface area contributed by atoms with E-state index >= 15 is 0 Å². The Kier molecular flexibility index (Phi) is 2.63. The van der Waals surface area contributed by atoms with Gasteiger partial charge in [-0.3, -0.25) is 0 Å². The summed E-state index contributed by atoms with van der Waals surface area (Å²) in [6, 6.07) is 4.90. The fraction of sp³-hybridized carbons (Fsp3) is 0.500. The third-order valence-electron chi connectivity index (χ3n) is 3.83. The summed E-state index contributed by atoms with van der Waals surface area (Å²) in [4.78, 5) is 8.18. The monoisotopic (exact) mass is 229 g/mol. The molecule has 3 rings (SSSR count). The second-order valence-corrected chi connectivity index (χ2v) is 5.08. The van der Waals surface area contributed by atoms with E-state index in [0.717, 1.165) is 24.3 Å². The lowest BCUT2D eigenvalue weighted by Crippen LogP contribution is -2.24. The predicted octanol–water partition coefficient (Wildman–Crippen LogP) is 2.47. The zero-order valence-corrected chi connectivity index (χ0v) is 10.5. The van der Waals surface area contributed by atoms with Gasteiger partial charge in [-0.2, -0.15) is 0 Å². The molecule has 1 fully saturated rings. The van der Waals surface area contributed by atoms with E-state index in [1.807, 2.05) is 0 Å². The minimum Gasteiger partial charge on any atom is -0.342 e. The molecule has 1 unspecified atom stereocenters. The van der Waals surface area contributed by atoms with E-state index in [9.17, 15) is 0 Å². The third kappa shape index (κ3) is 1.95. The van der Waals surface area contributed by atoms with Crippen LogP contribution in [0.1, 0.15) is 29.8 Å². The minimum absolute atomic E-state index is 0.608. The van der Waals surface area contributed by atoms with E-state index in [0.29, 0.717) is 6.04 Å². The first kappa shape index (κ1) is 10.8. The van der Waals surface area contributed by atoms with E-state index in [4.69, 9.17) is 4.98 Å². The highest BCUT2D eigenvalue weighted by molar-refractivity contribution is 5.79. The first-order chi connectivity index (χ1) is 8.24. The van der Waals surface area contributed by atoms with E-state index in [-0.39, 0.29) is 0 Å². The number of hydrogen-bond acceptors (Lipinski definition) is 2. The molecule has 1 aromatic heterocycles. The third-order valence-corrected chi connectivity index (χ3v) is 3.83. The lowest BCUT2D eigenvalue weighted by Gasteiger charge is -2.06. The van der Waals surface area contributed by atoms with Crippen LogP contribution in [0, 0.1) is 13.8 Å². The van der Waals surface area contributed by atoms with E-state index in [1.165, 1.54) is 29.5 Å². The lowest BCUT2D eigenvalue weighted by molar-refractivity contribution is 0.589. The van der Waals surface area contributed by atoms with Crippen molar-refractivity contribution >= 4 is 11.0 Å². The van der Waals surface area contributed by atoms with Gasteiger partial charge in [-0.1, -0.05) is 6.07 Å². The molecule has 17 heavy (non-hydrogen) atoms. The zero-order valence-electron chi connectivity index (χ0n) is 10.5. The van der Waals surface area contributed by atoms with Crippen molar-refractivity contribution in [2.45, 2.75) is 39.2 Å². The molecule has 0 saturated carbocycles. The molecule has 0 spiro atoms. The Hall–Kier alpha value is -1.35. The molecule has 1 saturated heterocycles. The summed E-state index contributed by atoms with van der Waals surface area (Å²) < 4.78 is 0. The predicted molar refractivity (Wildman–Crippen MR) is 70.3 cm³/mol. The van der Waals surface area contributed by atoms with Crippen LogP contribution in [0.4, 0.5) is 0 Å². The number of benzene rings is 1. The molecule has 0 aliphatic carbocycles. The van der Waals surface area contributed by atoms with E-state index in [1.54, 1.807) is 0 Å². The number of imidazole rings is 1. The SMILES string of the molecule is Cc1ccc2[nH]c(CC3CCCN3)nc2c1C. The molecular formula is C14H19N3. The Morgan fingerprint density at radius 1 is 1.35 bits per heavy atom. The van der Waals surface area contributed by atoms with Gasteiger partial charge < -0.3 is 10.3 Å². The summed E-state index contributed by atoms with van der Waals surface area (Å²) in [6.07, 6.45) is 3.59. The van der Waals surface area contributed by atoms with Gasteiger partial charge in [0.05, 0.1) is 11.0 Å². The highest BCUT2D eigenvalue weighted by atomic mass is 15.0. The van der Waals surface area contributed by atoms with Crippen molar-refractivity contribution in [1.29, 1.82) is 0 Å². The smallest absolute Gasteiger partial charge is 0.108 e. The minimum atomic E-state index is 0.608. The summed E-state index contributed by atoms with van der Waals surface area (Å²) in [7, 11) is 0. The maximum absolute atomic E-state index is 4.74. The molecule has 0 amide bonds. The summed E-state index contributed by atoms with van der Waals surface area (Å²) >= 11 is 0. The number of aromatic amines is 1. The Labute approximate surface area is 102 Å². The van der Waals surface area contributed by atoms with Crippen molar-refractivity contribution in [2.24, 2.45) is 0 Å². The van der Waals surface area contributed by atoms with E-state index < -0.39 is 0 Å². The fourth-order valence-corrected chi connectivity index (χ4v) is 2.63. The van der Waals surface area contributed by atoms with Gasteiger partial charge in [0.2, 0.25) is 0 Å². The highest BCUT2D eigenvalue weighted by Gasteiger charge is 2.16. The van der Waals surface area contributed by atoms with Gasteiger partial charge in [-0.15, -0.1) is 0 Å². The largest absolute Gasteiger partial charge is 0.342 e. The van der Waals surface area contributed by atoms with Crippen molar-refractivity contribution in [3.05, 3.63) is 29.1 Å². The highest BCUT2D eigenvalue weighted by Crippen LogP contribution is 2.20. The maximum Gasteiger partial charge on any atom is 0.108 e. The number of rotatable bonds is 2. The molecule has 3 heteroatoms. The average Bonchev–Trinajstić information content (AvgIpc) is 2.93. The average molecular weight is 229 g/mol. The van der Waals surface area contributed by atoms with Crippen LogP contribution in [0.25, 0.3) is 11.0 Å². The lowest BCUT2D eigenvalue weighted by atomic mass is 10.1. The van der Waals surface area contributed by atoms with Crippen LogP contribution in [-0.4, -0.2) is 22.6 Å². The second-order valence-electron chi connectivity index (χ2n) is 5.08. The fourth-order valence-electron chi connectivity index (χ4n) is 2.63. The van der Waals surface area contributed by atoms with Crippen molar-refractivity contribution in [2.75, 3.05) is 6.54 Å². The normalized spacial score (nSPS) is 20.2. The van der Waals surface area contributed by atoms with Crippen molar-refractivity contribution in [1.82, 2.24) is 15.3 Å². The molecule has 3 nitrogen and oxygen atoms in total.